The third kappa shape index (κ3) is 5.69. The number of fused-ring (bicyclic) bond motifs is 1. The number of rotatable bonds is 3. The number of aryl methyl sites for hydroxylation is 1. The zero-order valence-electron chi connectivity index (χ0n) is 16.1. The van der Waals surface area contributed by atoms with Gasteiger partial charge < -0.3 is 20.0 Å². The molecular formula is C18H31NO4S. The molecule has 0 bridgehead atoms. The van der Waals surface area contributed by atoms with Gasteiger partial charge in [-0.05, 0) is 40.2 Å². The standard InChI is InChI=1S/C13H19NO2S.C3H6O2.C2H6/c1-7-9(11(14)15)8-6-12(2,3)16-13(4,5)10(8)17-7;1-5-3-2-4;1-2/h6H2,1-5H3,(H2,14,15);2H,3H2,1H3;1-2H3. The number of nitrogens with two attached hydrogens (primary N) is 1. The van der Waals surface area contributed by atoms with Crippen molar-refractivity contribution < 1.29 is 19.1 Å². The number of hydrogen-bond acceptors (Lipinski definition) is 5. The molecule has 138 valence electrons. The van der Waals surface area contributed by atoms with E-state index in [1.165, 1.54) is 7.11 Å². The van der Waals surface area contributed by atoms with Gasteiger partial charge in [-0.2, -0.15) is 0 Å². The highest BCUT2D eigenvalue weighted by Gasteiger charge is 2.41. The van der Waals surface area contributed by atoms with Gasteiger partial charge in [0.1, 0.15) is 12.9 Å². The van der Waals surface area contributed by atoms with Gasteiger partial charge >= 0.3 is 0 Å². The minimum absolute atomic E-state index is 0.208. The Morgan fingerprint density at radius 3 is 2.25 bits per heavy atom. The minimum atomic E-state index is -0.347. The Labute approximate surface area is 149 Å². The zero-order chi connectivity index (χ0) is 19.1. The Balaban J connectivity index is 0.000000650. The van der Waals surface area contributed by atoms with Crippen LogP contribution in [-0.4, -0.2) is 31.5 Å². The summed E-state index contributed by atoms with van der Waals surface area (Å²) in [5.41, 5.74) is 6.67. The Bertz CT molecular complexity index is 562. The lowest BCUT2D eigenvalue weighted by molar-refractivity contribution is -0.135. The van der Waals surface area contributed by atoms with E-state index >= 15 is 0 Å². The summed E-state index contributed by atoms with van der Waals surface area (Å²) in [6.45, 7) is 14.4. The quantitative estimate of drug-likeness (QED) is 0.838. The summed E-state index contributed by atoms with van der Waals surface area (Å²) in [6, 6.07) is 0. The molecule has 0 radical (unpaired) electrons. The number of carbonyl (C=O) groups excluding carboxylic acids is 2. The van der Waals surface area contributed by atoms with Crippen molar-refractivity contribution in [3.63, 3.8) is 0 Å². The lowest BCUT2D eigenvalue weighted by Gasteiger charge is -2.41. The molecule has 1 aromatic heterocycles. The summed E-state index contributed by atoms with van der Waals surface area (Å²) in [5, 5.41) is 0. The summed E-state index contributed by atoms with van der Waals surface area (Å²) >= 11 is 1.63. The van der Waals surface area contributed by atoms with Gasteiger partial charge in [0.25, 0.3) is 0 Å². The Kier molecular flexibility index (Phi) is 8.82. The average molecular weight is 358 g/mol. The van der Waals surface area contributed by atoms with Crippen LogP contribution in [0.3, 0.4) is 0 Å². The van der Waals surface area contributed by atoms with Crippen LogP contribution in [0.15, 0.2) is 0 Å². The molecule has 1 aliphatic heterocycles. The summed E-state index contributed by atoms with van der Waals surface area (Å²) in [4.78, 5) is 23.0. The van der Waals surface area contributed by atoms with Crippen molar-refractivity contribution in [2.45, 2.75) is 66.1 Å². The van der Waals surface area contributed by atoms with Crippen LogP contribution in [0.2, 0.25) is 0 Å². The predicted octanol–water partition coefficient (Wildman–Crippen LogP) is 3.60. The van der Waals surface area contributed by atoms with E-state index < -0.39 is 0 Å². The lowest BCUT2D eigenvalue weighted by Crippen LogP contribution is -2.42. The molecular weight excluding hydrogens is 326 g/mol. The molecule has 0 saturated heterocycles. The Morgan fingerprint density at radius 1 is 1.33 bits per heavy atom. The fourth-order valence-electron chi connectivity index (χ4n) is 2.84. The molecule has 5 nitrogen and oxygen atoms in total. The highest BCUT2D eigenvalue weighted by Crippen LogP contribution is 2.45. The first-order valence-corrected chi connectivity index (χ1v) is 8.92. The molecule has 6 heteroatoms. The number of methoxy groups -OCH3 is 1. The molecule has 0 aromatic carbocycles. The van der Waals surface area contributed by atoms with Crippen molar-refractivity contribution in [3.8, 4) is 0 Å². The van der Waals surface area contributed by atoms with E-state index in [1.807, 2.05) is 34.6 Å². The minimum Gasteiger partial charge on any atom is -0.377 e. The van der Waals surface area contributed by atoms with Gasteiger partial charge in [0.15, 0.2) is 0 Å². The van der Waals surface area contributed by atoms with E-state index in [1.54, 1.807) is 11.3 Å². The van der Waals surface area contributed by atoms with E-state index in [0.29, 0.717) is 11.8 Å². The highest BCUT2D eigenvalue weighted by atomic mass is 32.1. The van der Waals surface area contributed by atoms with Crippen LogP contribution in [0.5, 0.6) is 0 Å². The third-order valence-corrected chi connectivity index (χ3v) is 4.80. The fourth-order valence-corrected chi connectivity index (χ4v) is 4.05. The number of carbonyl (C=O) groups is 2. The van der Waals surface area contributed by atoms with Crippen LogP contribution in [0, 0.1) is 6.92 Å². The summed E-state index contributed by atoms with van der Waals surface area (Å²) in [5.74, 6) is -0.325. The van der Waals surface area contributed by atoms with Gasteiger partial charge in [0, 0.05) is 23.3 Å². The van der Waals surface area contributed by atoms with Crippen LogP contribution in [-0.2, 0) is 26.3 Å². The monoisotopic (exact) mass is 357 g/mol. The molecule has 0 unspecified atom stereocenters. The summed E-state index contributed by atoms with van der Waals surface area (Å²) in [6.07, 6.45) is 1.45. The second-order valence-corrected chi connectivity index (χ2v) is 7.60. The molecule has 0 spiro atoms. The van der Waals surface area contributed by atoms with Crippen molar-refractivity contribution in [2.75, 3.05) is 13.7 Å². The highest BCUT2D eigenvalue weighted by molar-refractivity contribution is 7.12. The molecule has 2 N–H and O–H groups in total. The number of hydrogen-bond donors (Lipinski definition) is 1. The van der Waals surface area contributed by atoms with Gasteiger partial charge in [0.05, 0.1) is 16.8 Å². The number of thiophene rings is 1. The summed E-state index contributed by atoms with van der Waals surface area (Å²) in [7, 11) is 1.48. The van der Waals surface area contributed by atoms with Crippen molar-refractivity contribution in [3.05, 3.63) is 20.9 Å². The zero-order valence-corrected chi connectivity index (χ0v) is 16.9. The second kappa shape index (κ2) is 9.30. The molecule has 2 heterocycles. The SMILES string of the molecule is CC.COCC=O.Cc1sc2c(c1C(N)=O)CC(C)(C)OC2(C)C. The molecule has 0 fully saturated rings. The van der Waals surface area contributed by atoms with E-state index in [4.69, 9.17) is 10.5 Å². The second-order valence-electron chi connectivity index (χ2n) is 6.38. The number of ether oxygens (including phenoxy) is 2. The first-order chi connectivity index (χ1) is 11.1. The van der Waals surface area contributed by atoms with Gasteiger partial charge in [-0.3, -0.25) is 4.79 Å². The maximum absolute atomic E-state index is 11.6. The van der Waals surface area contributed by atoms with Crippen LogP contribution in [0.25, 0.3) is 0 Å². The largest absolute Gasteiger partial charge is 0.377 e. The van der Waals surface area contributed by atoms with Crippen molar-refractivity contribution in [2.24, 2.45) is 5.73 Å². The first-order valence-electron chi connectivity index (χ1n) is 8.11. The number of primary amides is 1. The van der Waals surface area contributed by atoms with Gasteiger partial charge in [-0.15, -0.1) is 11.3 Å². The van der Waals surface area contributed by atoms with Crippen molar-refractivity contribution in [1.82, 2.24) is 0 Å². The molecule has 0 saturated carbocycles. The molecule has 1 aliphatic rings. The van der Waals surface area contributed by atoms with Crippen molar-refractivity contribution in [1.29, 1.82) is 0 Å². The molecule has 0 aliphatic carbocycles. The normalized spacial score (nSPS) is 16.7. The summed E-state index contributed by atoms with van der Waals surface area (Å²) < 4.78 is 10.4. The van der Waals surface area contributed by atoms with Gasteiger partial charge in [-0.25, -0.2) is 0 Å². The molecule has 2 rings (SSSR count). The number of amides is 1. The topological polar surface area (TPSA) is 78.6 Å². The van der Waals surface area contributed by atoms with E-state index in [2.05, 4.69) is 18.6 Å². The van der Waals surface area contributed by atoms with Crippen LogP contribution >= 0.6 is 11.3 Å². The average Bonchev–Trinajstić information content (AvgIpc) is 2.77. The van der Waals surface area contributed by atoms with Crippen molar-refractivity contribution >= 4 is 23.5 Å². The predicted molar refractivity (Wildman–Crippen MR) is 98.8 cm³/mol. The molecule has 1 amide bonds. The van der Waals surface area contributed by atoms with E-state index in [9.17, 15) is 9.59 Å². The molecule has 0 atom stereocenters. The van der Waals surface area contributed by atoms with Gasteiger partial charge in [0.2, 0.25) is 5.91 Å². The Hall–Kier alpha value is -1.24. The molecule has 24 heavy (non-hydrogen) atoms. The van der Waals surface area contributed by atoms with Crippen LogP contribution in [0.1, 0.15) is 67.2 Å². The number of aldehydes is 1. The first kappa shape index (κ1) is 22.8. The third-order valence-electron chi connectivity index (χ3n) is 3.34. The van der Waals surface area contributed by atoms with E-state index in [-0.39, 0.29) is 23.7 Å². The maximum Gasteiger partial charge on any atom is 0.250 e. The lowest BCUT2D eigenvalue weighted by atomic mass is 9.86. The molecule has 1 aromatic rings. The van der Waals surface area contributed by atoms with Crippen LogP contribution in [0.4, 0.5) is 0 Å². The fraction of sp³-hybridized carbons (Fsp3) is 0.667. The smallest absolute Gasteiger partial charge is 0.250 e. The van der Waals surface area contributed by atoms with Crippen LogP contribution < -0.4 is 5.73 Å². The van der Waals surface area contributed by atoms with Gasteiger partial charge in [-0.1, -0.05) is 13.8 Å². The van der Waals surface area contributed by atoms with E-state index in [0.717, 1.165) is 21.7 Å². The Morgan fingerprint density at radius 2 is 1.88 bits per heavy atom. The maximum atomic E-state index is 11.6.